The number of benzene rings is 1. The average molecular weight is 296 g/mol. The maximum Gasteiger partial charge on any atom is 0.241 e. The molecule has 0 bridgehead atoms. The Hall–Kier alpha value is -1.40. The molecule has 0 aliphatic carbocycles. The van der Waals surface area contributed by atoms with Crippen molar-refractivity contribution >= 4 is 15.9 Å². The van der Waals surface area contributed by atoms with E-state index in [1.807, 2.05) is 6.92 Å². The van der Waals surface area contributed by atoms with Crippen molar-refractivity contribution in [1.82, 2.24) is 9.62 Å². The Balaban J connectivity index is 2.07. The molecule has 1 fully saturated rings. The molecule has 0 unspecified atom stereocenters. The second-order valence-electron chi connectivity index (χ2n) is 5.19. The van der Waals surface area contributed by atoms with Gasteiger partial charge in [0.15, 0.2) is 0 Å². The van der Waals surface area contributed by atoms with Gasteiger partial charge in [-0.2, -0.15) is 4.72 Å². The minimum absolute atomic E-state index is 0.154. The molecular formula is C14H20N2O3S. The summed E-state index contributed by atoms with van der Waals surface area (Å²) in [7, 11) is -3.65. The van der Waals surface area contributed by atoms with Gasteiger partial charge in [0.2, 0.25) is 15.9 Å². The van der Waals surface area contributed by atoms with E-state index in [4.69, 9.17) is 0 Å². The Labute approximate surface area is 120 Å². The van der Waals surface area contributed by atoms with E-state index in [0.29, 0.717) is 0 Å². The summed E-state index contributed by atoms with van der Waals surface area (Å²) in [5, 5.41) is 0. The van der Waals surface area contributed by atoms with Crippen LogP contribution in [0.4, 0.5) is 0 Å². The molecule has 0 radical (unpaired) electrons. The van der Waals surface area contributed by atoms with Gasteiger partial charge < -0.3 is 4.90 Å². The third-order valence-corrected chi connectivity index (χ3v) is 5.01. The molecule has 6 heteroatoms. The number of nitrogens with zero attached hydrogens (tertiary/aromatic N) is 1. The smallest absolute Gasteiger partial charge is 0.241 e. The summed E-state index contributed by atoms with van der Waals surface area (Å²) in [5.41, 5.74) is 0.991. The molecule has 5 nitrogen and oxygen atoms in total. The molecule has 0 aromatic heterocycles. The summed E-state index contributed by atoms with van der Waals surface area (Å²) in [4.78, 5) is 14.0. The molecule has 1 N–H and O–H groups in total. The minimum atomic E-state index is -3.65. The van der Waals surface area contributed by atoms with Crippen molar-refractivity contribution in [2.45, 2.75) is 37.6 Å². The fourth-order valence-electron chi connectivity index (χ4n) is 2.28. The Kier molecular flexibility index (Phi) is 4.45. The second-order valence-corrected chi connectivity index (χ2v) is 6.90. The molecule has 1 atom stereocenters. The number of carbonyl (C=O) groups is 1. The summed E-state index contributed by atoms with van der Waals surface area (Å²) in [5.74, 6) is -0.154. The van der Waals surface area contributed by atoms with Crippen molar-refractivity contribution in [3.63, 3.8) is 0 Å². The molecular weight excluding hydrogens is 276 g/mol. The highest BCUT2D eigenvalue weighted by Gasteiger charge is 2.27. The lowest BCUT2D eigenvalue weighted by atomic mass is 10.2. The molecule has 1 aliphatic rings. The Morgan fingerprint density at radius 2 is 1.75 bits per heavy atom. The topological polar surface area (TPSA) is 66.5 Å². The predicted octanol–water partition coefficient (Wildman–Crippen LogP) is 1.28. The fraction of sp³-hybridized carbons (Fsp3) is 0.500. The summed E-state index contributed by atoms with van der Waals surface area (Å²) < 4.78 is 26.8. The quantitative estimate of drug-likeness (QED) is 0.910. The highest BCUT2D eigenvalue weighted by molar-refractivity contribution is 7.89. The molecule has 0 saturated carbocycles. The van der Waals surface area contributed by atoms with E-state index in [-0.39, 0.29) is 10.8 Å². The number of sulfonamides is 1. The average Bonchev–Trinajstić information content (AvgIpc) is 2.91. The highest BCUT2D eigenvalue weighted by Crippen LogP contribution is 2.13. The SMILES string of the molecule is Cc1ccc(S(=O)(=O)N[C@H](C)C(=O)N2CCCC2)cc1. The lowest BCUT2D eigenvalue weighted by Crippen LogP contribution is -2.45. The highest BCUT2D eigenvalue weighted by atomic mass is 32.2. The number of rotatable bonds is 4. The Bertz CT molecular complexity index is 575. The minimum Gasteiger partial charge on any atom is -0.341 e. The third-order valence-electron chi connectivity index (χ3n) is 3.45. The van der Waals surface area contributed by atoms with E-state index < -0.39 is 16.1 Å². The summed E-state index contributed by atoms with van der Waals surface area (Å²) in [6, 6.07) is 5.83. The van der Waals surface area contributed by atoms with Gasteiger partial charge in [-0.15, -0.1) is 0 Å². The first-order valence-electron chi connectivity index (χ1n) is 6.78. The van der Waals surface area contributed by atoms with Gasteiger partial charge in [0, 0.05) is 13.1 Å². The first-order valence-corrected chi connectivity index (χ1v) is 8.26. The molecule has 1 amide bonds. The van der Waals surface area contributed by atoms with Gasteiger partial charge in [0.1, 0.15) is 0 Å². The standard InChI is InChI=1S/C14H20N2O3S/c1-11-5-7-13(8-6-11)20(18,19)15-12(2)14(17)16-9-3-4-10-16/h5-8,12,15H,3-4,9-10H2,1-2H3/t12-/m1/s1. The molecule has 0 spiro atoms. The normalized spacial score (nSPS) is 17.2. The van der Waals surface area contributed by atoms with Gasteiger partial charge in [-0.25, -0.2) is 8.42 Å². The maximum atomic E-state index is 12.2. The van der Waals surface area contributed by atoms with Gasteiger partial charge in [-0.1, -0.05) is 17.7 Å². The van der Waals surface area contributed by atoms with Crippen LogP contribution in [0.1, 0.15) is 25.3 Å². The second kappa shape index (κ2) is 5.93. The maximum absolute atomic E-state index is 12.2. The summed E-state index contributed by atoms with van der Waals surface area (Å²) >= 11 is 0. The zero-order chi connectivity index (χ0) is 14.8. The largest absolute Gasteiger partial charge is 0.341 e. The van der Waals surface area contributed by atoms with Crippen molar-refractivity contribution in [3.05, 3.63) is 29.8 Å². The van der Waals surface area contributed by atoms with Gasteiger partial charge in [0.25, 0.3) is 0 Å². The first kappa shape index (κ1) is 15.0. The van der Waals surface area contributed by atoms with Gasteiger partial charge in [-0.05, 0) is 38.8 Å². The van der Waals surface area contributed by atoms with E-state index >= 15 is 0 Å². The third kappa shape index (κ3) is 3.37. The first-order chi connectivity index (χ1) is 9.40. The number of aryl methyl sites for hydroxylation is 1. The van der Waals surface area contributed by atoms with Gasteiger partial charge in [0.05, 0.1) is 10.9 Å². The van der Waals surface area contributed by atoms with Gasteiger partial charge in [-0.3, -0.25) is 4.79 Å². The molecule has 1 aliphatic heterocycles. The number of amides is 1. The molecule has 1 saturated heterocycles. The molecule has 110 valence electrons. The number of nitrogens with one attached hydrogen (secondary N) is 1. The van der Waals surface area contributed by atoms with Crippen LogP contribution in [0, 0.1) is 6.92 Å². The van der Waals surface area contributed by atoms with Crippen LogP contribution >= 0.6 is 0 Å². The van der Waals surface area contributed by atoms with Crippen LogP contribution in [0.25, 0.3) is 0 Å². The van der Waals surface area contributed by atoms with Crippen LogP contribution < -0.4 is 4.72 Å². The zero-order valence-electron chi connectivity index (χ0n) is 11.8. The van der Waals surface area contributed by atoms with Crippen molar-refractivity contribution < 1.29 is 13.2 Å². The predicted molar refractivity (Wildman–Crippen MR) is 76.8 cm³/mol. The van der Waals surface area contributed by atoms with Crippen LogP contribution in [0.2, 0.25) is 0 Å². The van der Waals surface area contributed by atoms with E-state index in [9.17, 15) is 13.2 Å². The lowest BCUT2D eigenvalue weighted by Gasteiger charge is -2.21. The Morgan fingerprint density at radius 3 is 2.30 bits per heavy atom. The molecule has 2 rings (SSSR count). The van der Waals surface area contributed by atoms with Gasteiger partial charge >= 0.3 is 0 Å². The van der Waals surface area contributed by atoms with E-state index in [1.54, 1.807) is 36.1 Å². The Morgan fingerprint density at radius 1 is 1.20 bits per heavy atom. The monoisotopic (exact) mass is 296 g/mol. The van der Waals surface area contributed by atoms with E-state index in [2.05, 4.69) is 4.72 Å². The molecule has 20 heavy (non-hydrogen) atoms. The van der Waals surface area contributed by atoms with E-state index in [0.717, 1.165) is 31.5 Å². The van der Waals surface area contributed by atoms with Crippen molar-refractivity contribution in [1.29, 1.82) is 0 Å². The number of hydrogen-bond acceptors (Lipinski definition) is 3. The molecule has 1 heterocycles. The summed E-state index contributed by atoms with van der Waals surface area (Å²) in [6.07, 6.45) is 1.98. The van der Waals surface area contributed by atoms with Crippen LogP contribution in [0.3, 0.4) is 0 Å². The van der Waals surface area contributed by atoms with Crippen molar-refractivity contribution in [2.75, 3.05) is 13.1 Å². The molecule has 1 aromatic rings. The van der Waals surface area contributed by atoms with E-state index in [1.165, 1.54) is 0 Å². The lowest BCUT2D eigenvalue weighted by molar-refractivity contribution is -0.131. The fourth-order valence-corrected chi connectivity index (χ4v) is 3.48. The summed E-state index contributed by atoms with van der Waals surface area (Å²) in [6.45, 7) is 4.92. The number of carbonyl (C=O) groups excluding carboxylic acids is 1. The number of hydrogen-bond donors (Lipinski definition) is 1. The van der Waals surface area contributed by atoms with Crippen molar-refractivity contribution in [2.24, 2.45) is 0 Å². The molecule has 1 aromatic carbocycles. The van der Waals surface area contributed by atoms with Crippen LogP contribution in [-0.2, 0) is 14.8 Å². The zero-order valence-corrected chi connectivity index (χ0v) is 12.6. The number of likely N-dealkylation sites (tertiary alicyclic amines) is 1. The van der Waals surface area contributed by atoms with Crippen LogP contribution in [0.5, 0.6) is 0 Å². The van der Waals surface area contributed by atoms with Crippen molar-refractivity contribution in [3.8, 4) is 0 Å². The van der Waals surface area contributed by atoms with Crippen LogP contribution in [-0.4, -0.2) is 38.4 Å². The van der Waals surface area contributed by atoms with Crippen LogP contribution in [0.15, 0.2) is 29.2 Å².